The molecule has 12 heteroatoms. The summed E-state index contributed by atoms with van der Waals surface area (Å²) in [6, 6.07) is 8.13. The lowest BCUT2D eigenvalue weighted by molar-refractivity contribution is 0.100. The number of aromatic nitrogens is 2. The number of sulfonamides is 1. The molecule has 1 saturated carbocycles. The summed E-state index contributed by atoms with van der Waals surface area (Å²) < 4.78 is 25.6. The predicted molar refractivity (Wildman–Crippen MR) is 127 cm³/mol. The van der Waals surface area contributed by atoms with Gasteiger partial charge in [-0.05, 0) is 44.0 Å². The topological polar surface area (TPSA) is 134 Å². The number of nitrogens with one attached hydrogen (secondary N) is 2. The highest BCUT2D eigenvalue weighted by atomic mass is 35.5. The highest BCUT2D eigenvalue weighted by molar-refractivity contribution is 7.89. The number of halogens is 1. The van der Waals surface area contributed by atoms with Gasteiger partial charge in [-0.2, -0.15) is 9.29 Å². The molecule has 1 aromatic carbocycles. The van der Waals surface area contributed by atoms with E-state index in [2.05, 4.69) is 25.5 Å². The molecule has 4 rings (SSSR count). The molecule has 2 aliphatic rings. The van der Waals surface area contributed by atoms with Gasteiger partial charge in [0.25, 0.3) is 5.91 Å². The second-order valence-corrected chi connectivity index (χ2v) is 9.95. The maximum Gasteiger partial charge on any atom is 0.254 e. The van der Waals surface area contributed by atoms with Gasteiger partial charge in [-0.1, -0.05) is 0 Å². The van der Waals surface area contributed by atoms with Crippen LogP contribution in [0.5, 0.6) is 0 Å². The molecule has 4 N–H and O–H groups in total. The largest absolute Gasteiger partial charge is 0.369 e. The maximum atomic E-state index is 12.0. The van der Waals surface area contributed by atoms with Crippen LogP contribution in [0.3, 0.4) is 0 Å². The Morgan fingerprint density at radius 1 is 1.16 bits per heavy atom. The zero-order chi connectivity index (χ0) is 22.0. The van der Waals surface area contributed by atoms with Gasteiger partial charge in [-0.3, -0.25) is 4.79 Å². The number of primary amides is 1. The molecule has 2 aromatic rings. The molecule has 174 valence electrons. The lowest BCUT2D eigenvalue weighted by Gasteiger charge is -2.35. The number of rotatable bonds is 8. The molecule has 0 radical (unpaired) electrons. The number of benzene rings is 1. The Labute approximate surface area is 194 Å². The highest BCUT2D eigenvalue weighted by Gasteiger charge is 2.26. The first-order chi connectivity index (χ1) is 14.9. The van der Waals surface area contributed by atoms with Gasteiger partial charge >= 0.3 is 0 Å². The average Bonchev–Trinajstić information content (AvgIpc) is 3.58. The SMILES string of the molecule is CCS(=O)(=O)N1CCN(c2ccc(Nc3ncc(C(N)=O)c(NC4CC4)n3)cc2)CC1.Cl. The Hall–Kier alpha value is -2.63. The zero-order valence-corrected chi connectivity index (χ0v) is 19.5. The summed E-state index contributed by atoms with van der Waals surface area (Å²) in [7, 11) is -3.14. The number of carbonyl (C=O) groups excluding carboxylic acids is 1. The molecule has 1 saturated heterocycles. The zero-order valence-electron chi connectivity index (χ0n) is 17.8. The quantitative estimate of drug-likeness (QED) is 0.519. The number of carbonyl (C=O) groups is 1. The Bertz CT molecular complexity index is 1050. The molecule has 1 aliphatic heterocycles. The third kappa shape index (κ3) is 5.59. The smallest absolute Gasteiger partial charge is 0.254 e. The number of nitrogens with two attached hydrogens (primary N) is 1. The van der Waals surface area contributed by atoms with Gasteiger partial charge in [0.05, 0.1) is 11.3 Å². The van der Waals surface area contributed by atoms with Crippen LogP contribution < -0.4 is 21.3 Å². The first-order valence-corrected chi connectivity index (χ1v) is 12.0. The van der Waals surface area contributed by atoms with Gasteiger partial charge in [0.1, 0.15) is 5.82 Å². The van der Waals surface area contributed by atoms with Crippen molar-refractivity contribution < 1.29 is 13.2 Å². The van der Waals surface area contributed by atoms with E-state index in [9.17, 15) is 13.2 Å². The lowest BCUT2D eigenvalue weighted by Crippen LogP contribution is -2.49. The molecular formula is C20H28ClN7O3S. The number of nitrogens with zero attached hydrogens (tertiary/aromatic N) is 4. The summed E-state index contributed by atoms with van der Waals surface area (Å²) >= 11 is 0. The first-order valence-electron chi connectivity index (χ1n) is 10.4. The van der Waals surface area contributed by atoms with Crippen LogP contribution in [0, 0.1) is 0 Å². The van der Waals surface area contributed by atoms with Crippen LogP contribution in [0.1, 0.15) is 30.1 Å². The van der Waals surface area contributed by atoms with E-state index >= 15 is 0 Å². The number of anilines is 4. The van der Waals surface area contributed by atoms with Crippen LogP contribution in [0.25, 0.3) is 0 Å². The van der Waals surface area contributed by atoms with E-state index < -0.39 is 15.9 Å². The van der Waals surface area contributed by atoms with Crippen molar-refractivity contribution in [2.24, 2.45) is 5.73 Å². The second-order valence-electron chi connectivity index (χ2n) is 7.70. The van der Waals surface area contributed by atoms with Crippen LogP contribution in [-0.2, 0) is 10.0 Å². The van der Waals surface area contributed by atoms with Crippen LogP contribution >= 0.6 is 12.4 Å². The third-order valence-corrected chi connectivity index (χ3v) is 7.34. The van der Waals surface area contributed by atoms with Crippen LogP contribution in [0.15, 0.2) is 30.5 Å². The van der Waals surface area contributed by atoms with Gasteiger partial charge in [0.2, 0.25) is 16.0 Å². The summed E-state index contributed by atoms with van der Waals surface area (Å²) in [5.41, 5.74) is 7.53. The Balaban J connectivity index is 0.00000289. The van der Waals surface area contributed by atoms with E-state index in [1.807, 2.05) is 24.3 Å². The molecule has 1 amide bonds. The van der Waals surface area contributed by atoms with Crippen molar-refractivity contribution in [2.45, 2.75) is 25.8 Å². The minimum Gasteiger partial charge on any atom is -0.369 e. The summed E-state index contributed by atoms with van der Waals surface area (Å²) in [6.07, 6.45) is 3.52. The summed E-state index contributed by atoms with van der Waals surface area (Å²) in [5.74, 6) is 0.391. The van der Waals surface area contributed by atoms with Gasteiger partial charge < -0.3 is 21.3 Å². The molecule has 0 bridgehead atoms. The van der Waals surface area contributed by atoms with Crippen molar-refractivity contribution in [3.05, 3.63) is 36.0 Å². The fourth-order valence-electron chi connectivity index (χ4n) is 3.45. The first kappa shape index (κ1) is 24.0. The second kappa shape index (κ2) is 9.88. The van der Waals surface area contributed by atoms with E-state index in [0.717, 1.165) is 24.2 Å². The van der Waals surface area contributed by atoms with Crippen molar-refractivity contribution in [2.75, 3.05) is 47.5 Å². The monoisotopic (exact) mass is 481 g/mol. The molecule has 0 spiro atoms. The molecule has 1 aliphatic carbocycles. The normalized spacial score (nSPS) is 16.8. The maximum absolute atomic E-state index is 12.0. The highest BCUT2D eigenvalue weighted by Crippen LogP contribution is 2.27. The molecule has 32 heavy (non-hydrogen) atoms. The molecule has 0 atom stereocenters. The minimum atomic E-state index is -3.14. The van der Waals surface area contributed by atoms with Crippen molar-refractivity contribution in [3.63, 3.8) is 0 Å². The van der Waals surface area contributed by atoms with E-state index in [4.69, 9.17) is 5.73 Å². The fraction of sp³-hybridized carbons (Fsp3) is 0.450. The van der Waals surface area contributed by atoms with Gasteiger partial charge in [0, 0.05) is 49.8 Å². The third-order valence-electron chi connectivity index (χ3n) is 5.46. The number of piperazine rings is 1. The minimum absolute atomic E-state index is 0. The summed E-state index contributed by atoms with van der Waals surface area (Å²) in [6.45, 7) is 3.96. The van der Waals surface area contributed by atoms with Gasteiger partial charge in [-0.25, -0.2) is 13.4 Å². The molecule has 2 heterocycles. The lowest BCUT2D eigenvalue weighted by atomic mass is 10.2. The van der Waals surface area contributed by atoms with E-state index in [0.29, 0.717) is 44.0 Å². The number of hydrogen-bond donors (Lipinski definition) is 3. The number of amides is 1. The van der Waals surface area contributed by atoms with Gasteiger partial charge in [0.15, 0.2) is 0 Å². The van der Waals surface area contributed by atoms with Crippen LogP contribution in [0.4, 0.5) is 23.1 Å². The summed E-state index contributed by atoms with van der Waals surface area (Å²) in [4.78, 5) is 22.4. The van der Waals surface area contributed by atoms with Crippen molar-refractivity contribution in [1.29, 1.82) is 0 Å². The Morgan fingerprint density at radius 3 is 2.38 bits per heavy atom. The number of hydrogen-bond acceptors (Lipinski definition) is 8. The molecule has 1 aromatic heterocycles. The Kier molecular flexibility index (Phi) is 7.42. The Morgan fingerprint density at radius 2 is 1.81 bits per heavy atom. The van der Waals surface area contributed by atoms with E-state index in [-0.39, 0.29) is 23.7 Å². The van der Waals surface area contributed by atoms with Crippen molar-refractivity contribution >= 4 is 51.5 Å². The molecular weight excluding hydrogens is 454 g/mol. The average molecular weight is 482 g/mol. The van der Waals surface area contributed by atoms with Crippen molar-refractivity contribution in [3.8, 4) is 0 Å². The molecule has 0 unspecified atom stereocenters. The fourth-order valence-corrected chi connectivity index (χ4v) is 4.53. The van der Waals surface area contributed by atoms with Crippen molar-refractivity contribution in [1.82, 2.24) is 14.3 Å². The molecule has 10 nitrogen and oxygen atoms in total. The van der Waals surface area contributed by atoms with E-state index in [1.165, 1.54) is 6.20 Å². The molecule has 2 fully saturated rings. The summed E-state index contributed by atoms with van der Waals surface area (Å²) in [5, 5.41) is 6.37. The van der Waals surface area contributed by atoms with Crippen LogP contribution in [0.2, 0.25) is 0 Å². The predicted octanol–water partition coefficient (Wildman–Crippen LogP) is 1.79. The van der Waals surface area contributed by atoms with Gasteiger partial charge in [-0.15, -0.1) is 12.4 Å². The van der Waals surface area contributed by atoms with E-state index in [1.54, 1.807) is 11.2 Å². The van der Waals surface area contributed by atoms with Crippen LogP contribution in [-0.4, -0.2) is 66.6 Å². The standard InChI is InChI=1S/C20H27N7O3S.ClH/c1-2-31(29,30)27-11-9-26(10-12-27)16-7-5-15(6-8-16)24-20-22-13-17(18(21)28)19(25-20)23-14-3-4-14;/h5-8,13-14H,2-4,9-12H2,1H3,(H2,21,28)(H2,22,23,24,25);1H.